The molecule has 4 amide bonds. The third kappa shape index (κ3) is 13.5. The summed E-state index contributed by atoms with van der Waals surface area (Å²) in [7, 11) is 0. The van der Waals surface area contributed by atoms with Crippen molar-refractivity contribution in [3.05, 3.63) is 0 Å². The third-order valence-electron chi connectivity index (χ3n) is 4.62. The molecule has 0 saturated carbocycles. The minimum absolute atomic E-state index is 0.0243. The van der Waals surface area contributed by atoms with Crippen LogP contribution in [0.15, 0.2) is 0 Å². The van der Waals surface area contributed by atoms with Gasteiger partial charge in [-0.15, -0.1) is 0 Å². The number of hydrogen-bond donors (Lipinski definition) is 9. The van der Waals surface area contributed by atoms with Gasteiger partial charge in [-0.1, -0.05) is 0 Å². The molecule has 0 radical (unpaired) electrons. The molecule has 35 heavy (non-hydrogen) atoms. The van der Waals surface area contributed by atoms with E-state index in [2.05, 4.69) is 10.6 Å². The van der Waals surface area contributed by atoms with Crippen LogP contribution in [-0.4, -0.2) is 87.6 Å². The van der Waals surface area contributed by atoms with E-state index >= 15 is 0 Å². The van der Waals surface area contributed by atoms with Gasteiger partial charge in [-0.3, -0.25) is 28.8 Å². The zero-order valence-corrected chi connectivity index (χ0v) is 18.9. The Morgan fingerprint density at radius 1 is 0.686 bits per heavy atom. The van der Waals surface area contributed by atoms with Gasteiger partial charge in [-0.05, 0) is 32.2 Å². The minimum atomic E-state index is -1.78. The maximum atomic E-state index is 12.8. The first-order valence-corrected chi connectivity index (χ1v) is 10.6. The summed E-state index contributed by atoms with van der Waals surface area (Å²) in [6.45, 7) is 0.258. The summed E-state index contributed by atoms with van der Waals surface area (Å²) in [5.41, 5.74) is 16.1. The maximum absolute atomic E-state index is 12.8. The standard InChI is InChI=1S/C19H32N6O10/c20-6-2-1-3-10(17(32)25-12(19(34)35)8-15(29)30)23-18(33)11(7-13(22)26)24-16(31)9(21)4-5-14(27)28/h9-12H,1-8,20-21H2,(H2,22,26)(H,23,33)(H,24,31)(H,25,32)(H,27,28)(H,29,30)(H,34,35). The van der Waals surface area contributed by atoms with Gasteiger partial charge in [0, 0.05) is 6.42 Å². The highest BCUT2D eigenvalue weighted by molar-refractivity contribution is 5.96. The fraction of sp³-hybridized carbons (Fsp3) is 0.632. The molecule has 4 atom stereocenters. The summed E-state index contributed by atoms with van der Waals surface area (Å²) >= 11 is 0. The number of amides is 4. The second-order valence-corrected chi connectivity index (χ2v) is 7.61. The molecule has 16 nitrogen and oxygen atoms in total. The zero-order valence-electron chi connectivity index (χ0n) is 18.9. The van der Waals surface area contributed by atoms with Crippen molar-refractivity contribution in [3.8, 4) is 0 Å². The molecule has 4 unspecified atom stereocenters. The van der Waals surface area contributed by atoms with Crippen LogP contribution < -0.4 is 33.2 Å². The van der Waals surface area contributed by atoms with Crippen LogP contribution in [0.5, 0.6) is 0 Å². The van der Waals surface area contributed by atoms with Crippen LogP contribution in [0.3, 0.4) is 0 Å². The van der Waals surface area contributed by atoms with E-state index < -0.39 is 85.0 Å². The topological polar surface area (TPSA) is 294 Å². The molecule has 0 aromatic carbocycles. The van der Waals surface area contributed by atoms with Gasteiger partial charge in [0.05, 0.1) is 18.9 Å². The monoisotopic (exact) mass is 504 g/mol. The number of nitrogens with one attached hydrogen (secondary N) is 3. The van der Waals surface area contributed by atoms with Gasteiger partial charge in [-0.25, -0.2) is 4.79 Å². The Balaban J connectivity index is 5.53. The summed E-state index contributed by atoms with van der Waals surface area (Å²) < 4.78 is 0. The third-order valence-corrected chi connectivity index (χ3v) is 4.62. The molecule has 0 aliphatic heterocycles. The van der Waals surface area contributed by atoms with Crippen LogP contribution in [0, 0.1) is 0 Å². The average Bonchev–Trinajstić information content (AvgIpc) is 2.74. The van der Waals surface area contributed by atoms with E-state index in [9.17, 15) is 33.6 Å². The number of unbranched alkanes of at least 4 members (excludes halogenated alkanes) is 1. The molecule has 0 rings (SSSR count). The van der Waals surface area contributed by atoms with Crippen LogP contribution in [0.1, 0.15) is 44.9 Å². The van der Waals surface area contributed by atoms with Crippen LogP contribution in [0.2, 0.25) is 0 Å². The van der Waals surface area contributed by atoms with Crippen molar-refractivity contribution in [1.29, 1.82) is 0 Å². The van der Waals surface area contributed by atoms with E-state index in [1.807, 2.05) is 5.32 Å². The summed E-state index contributed by atoms with van der Waals surface area (Å²) in [6.07, 6.45) is -1.54. The number of nitrogens with two attached hydrogens (primary N) is 3. The predicted octanol–water partition coefficient (Wildman–Crippen LogP) is -3.80. The molecule has 0 heterocycles. The molecule has 0 aromatic heterocycles. The number of carboxylic acids is 3. The number of rotatable bonds is 18. The Bertz CT molecular complexity index is 805. The number of primary amides is 1. The Hall–Kier alpha value is -3.79. The molecule has 0 spiro atoms. The second kappa shape index (κ2) is 15.9. The van der Waals surface area contributed by atoms with Gasteiger partial charge < -0.3 is 48.5 Å². The lowest BCUT2D eigenvalue weighted by atomic mass is 10.1. The van der Waals surface area contributed by atoms with Crippen molar-refractivity contribution in [2.24, 2.45) is 17.2 Å². The van der Waals surface area contributed by atoms with Gasteiger partial charge in [0.25, 0.3) is 0 Å². The van der Waals surface area contributed by atoms with Crippen molar-refractivity contribution in [2.75, 3.05) is 6.54 Å². The molecule has 0 aliphatic rings. The number of aliphatic carboxylic acids is 3. The lowest BCUT2D eigenvalue weighted by Crippen LogP contribution is -2.57. The predicted molar refractivity (Wildman–Crippen MR) is 117 cm³/mol. The highest BCUT2D eigenvalue weighted by atomic mass is 16.4. The first-order valence-electron chi connectivity index (χ1n) is 10.6. The Morgan fingerprint density at radius 2 is 1.23 bits per heavy atom. The maximum Gasteiger partial charge on any atom is 0.326 e. The highest BCUT2D eigenvalue weighted by Gasteiger charge is 2.31. The molecular weight excluding hydrogens is 472 g/mol. The molecule has 0 saturated heterocycles. The summed E-state index contributed by atoms with van der Waals surface area (Å²) in [6, 6.07) is -6.03. The van der Waals surface area contributed by atoms with Crippen molar-refractivity contribution < 1.29 is 48.9 Å². The Kier molecular flexibility index (Phi) is 14.2. The second-order valence-electron chi connectivity index (χ2n) is 7.61. The fourth-order valence-electron chi connectivity index (χ4n) is 2.78. The SMILES string of the molecule is NCCCCC(NC(=O)C(CC(N)=O)NC(=O)C(N)CCC(=O)O)C(=O)NC(CC(=O)O)C(=O)O. The number of hydrogen-bond acceptors (Lipinski definition) is 9. The van der Waals surface area contributed by atoms with Gasteiger partial charge in [0.2, 0.25) is 23.6 Å². The molecule has 0 aliphatic carbocycles. The van der Waals surface area contributed by atoms with E-state index in [-0.39, 0.29) is 19.4 Å². The van der Waals surface area contributed by atoms with E-state index in [1.54, 1.807) is 0 Å². The summed E-state index contributed by atoms with van der Waals surface area (Å²) in [5.74, 6) is -8.25. The molecule has 0 fully saturated rings. The Morgan fingerprint density at radius 3 is 1.71 bits per heavy atom. The fourth-order valence-corrected chi connectivity index (χ4v) is 2.78. The van der Waals surface area contributed by atoms with E-state index in [0.717, 1.165) is 0 Å². The van der Waals surface area contributed by atoms with Gasteiger partial charge >= 0.3 is 17.9 Å². The minimum Gasteiger partial charge on any atom is -0.481 e. The molecule has 0 aromatic rings. The van der Waals surface area contributed by atoms with Gasteiger partial charge in [-0.2, -0.15) is 0 Å². The first-order chi connectivity index (χ1) is 16.3. The normalized spacial score (nSPS) is 14.0. The zero-order chi connectivity index (χ0) is 27.1. The van der Waals surface area contributed by atoms with Crippen molar-refractivity contribution in [1.82, 2.24) is 16.0 Å². The molecule has 198 valence electrons. The smallest absolute Gasteiger partial charge is 0.326 e. The van der Waals surface area contributed by atoms with Crippen LogP contribution in [0.25, 0.3) is 0 Å². The average molecular weight is 504 g/mol. The number of carbonyl (C=O) groups excluding carboxylic acids is 4. The number of carboxylic acid groups (broad SMARTS) is 3. The molecule has 12 N–H and O–H groups in total. The largest absolute Gasteiger partial charge is 0.481 e. The van der Waals surface area contributed by atoms with Crippen LogP contribution in [0.4, 0.5) is 0 Å². The van der Waals surface area contributed by atoms with E-state index in [1.165, 1.54) is 0 Å². The first kappa shape index (κ1) is 31.2. The molecule has 0 bridgehead atoms. The molecule has 16 heteroatoms. The van der Waals surface area contributed by atoms with Gasteiger partial charge in [0.1, 0.15) is 18.1 Å². The summed E-state index contributed by atoms with van der Waals surface area (Å²) in [4.78, 5) is 81.8. The quantitative estimate of drug-likeness (QED) is 0.0812. The van der Waals surface area contributed by atoms with Gasteiger partial charge in [0.15, 0.2) is 0 Å². The van der Waals surface area contributed by atoms with Crippen molar-refractivity contribution in [3.63, 3.8) is 0 Å². The van der Waals surface area contributed by atoms with Crippen LogP contribution in [-0.2, 0) is 33.6 Å². The van der Waals surface area contributed by atoms with Crippen LogP contribution >= 0.6 is 0 Å². The van der Waals surface area contributed by atoms with E-state index in [4.69, 9.17) is 32.5 Å². The lowest BCUT2D eigenvalue weighted by Gasteiger charge is -2.24. The highest BCUT2D eigenvalue weighted by Crippen LogP contribution is 2.05. The Labute approximate surface area is 199 Å². The lowest BCUT2D eigenvalue weighted by molar-refractivity contribution is -0.147. The van der Waals surface area contributed by atoms with Crippen molar-refractivity contribution in [2.45, 2.75) is 69.1 Å². The summed E-state index contributed by atoms with van der Waals surface area (Å²) in [5, 5.41) is 33.1. The number of carbonyl (C=O) groups is 7. The molecular formula is C19H32N6O10. The van der Waals surface area contributed by atoms with E-state index in [0.29, 0.717) is 12.8 Å². The van der Waals surface area contributed by atoms with Crippen molar-refractivity contribution >= 4 is 41.5 Å².